The van der Waals surface area contributed by atoms with Gasteiger partial charge in [0.05, 0.1) is 19.6 Å². The Morgan fingerprint density at radius 1 is 1.73 bits per heavy atom. The minimum absolute atomic E-state index is 0.0735. The zero-order chi connectivity index (χ0) is 11.6. The summed E-state index contributed by atoms with van der Waals surface area (Å²) in [6.07, 6.45) is 0.492. The Hall–Kier alpha value is -0.360. The molecule has 0 saturated carbocycles. The highest BCUT2D eigenvalue weighted by Crippen LogP contribution is 2.40. The molecule has 0 saturated heterocycles. The first-order valence-electron chi connectivity index (χ1n) is 4.36. The topological polar surface area (TPSA) is 68.2 Å². The van der Waals surface area contributed by atoms with Crippen molar-refractivity contribution in [3.8, 4) is 0 Å². The molecule has 0 radical (unpaired) electrons. The van der Waals surface area contributed by atoms with Crippen LogP contribution in [0.4, 0.5) is 0 Å². The minimum Gasteiger partial charge on any atom is -0.324 e. The zero-order valence-corrected chi connectivity index (χ0v) is 10.7. The van der Waals surface area contributed by atoms with Gasteiger partial charge in [0.15, 0.2) is 0 Å². The van der Waals surface area contributed by atoms with Gasteiger partial charge < -0.3 is 9.42 Å². The summed E-state index contributed by atoms with van der Waals surface area (Å²) in [7, 11) is 1.35. The van der Waals surface area contributed by atoms with E-state index in [1.807, 2.05) is 0 Å². The van der Waals surface area contributed by atoms with Gasteiger partial charge >= 0.3 is 7.60 Å². The molecule has 0 aliphatic rings. The predicted molar refractivity (Wildman–Crippen MR) is 57.0 cm³/mol. The van der Waals surface area contributed by atoms with Crippen molar-refractivity contribution in [2.45, 2.75) is 11.6 Å². The second kappa shape index (κ2) is 4.65. The van der Waals surface area contributed by atoms with E-state index < -0.39 is 7.60 Å². The number of nitrogens with zero attached hydrogens (tertiary/aromatic N) is 3. The predicted octanol–water partition coefficient (Wildman–Crippen LogP) is -0.0924. The standard InChI is InChI=1S/C7H14N3O3PS/c1-9-6(10(2)8-7(9)15)4-5-14(11,12)13-3/h4-5H2,1-3H3,(H-,8,11,12,15)/p+1. The van der Waals surface area contributed by atoms with E-state index in [9.17, 15) is 9.46 Å². The molecule has 15 heavy (non-hydrogen) atoms. The highest BCUT2D eigenvalue weighted by atomic mass is 32.1. The molecular formula is C7H15N3O3PS+. The van der Waals surface area contributed by atoms with Crippen molar-refractivity contribution in [1.29, 1.82) is 0 Å². The Balaban J connectivity index is 2.78. The van der Waals surface area contributed by atoms with Gasteiger partial charge in [0.2, 0.25) is 0 Å². The molecule has 0 fully saturated rings. The molecule has 1 atom stereocenters. The molecule has 0 aromatic carbocycles. The highest BCUT2D eigenvalue weighted by molar-refractivity contribution is 7.80. The smallest absolute Gasteiger partial charge is 0.324 e. The van der Waals surface area contributed by atoms with E-state index in [4.69, 9.17) is 0 Å². The van der Waals surface area contributed by atoms with Crippen molar-refractivity contribution in [3.63, 3.8) is 0 Å². The van der Waals surface area contributed by atoms with Crippen LogP contribution in [0, 0.1) is 0 Å². The SMILES string of the molecule is COP(=O)(O)CCc1n(C)c(S)n[n+]1C. The minimum atomic E-state index is -3.45. The average Bonchev–Trinajstić information content (AvgIpc) is 2.39. The normalized spacial score (nSPS) is 15.3. The lowest BCUT2D eigenvalue weighted by Crippen LogP contribution is -2.36. The number of hydrogen-bond donors (Lipinski definition) is 2. The fraction of sp³-hybridized carbons (Fsp3) is 0.714. The summed E-state index contributed by atoms with van der Waals surface area (Å²) in [4.78, 5) is 9.25. The van der Waals surface area contributed by atoms with Gasteiger partial charge in [0.1, 0.15) is 7.05 Å². The maximum atomic E-state index is 11.3. The summed E-state index contributed by atoms with van der Waals surface area (Å²) < 4.78 is 19.2. The summed E-state index contributed by atoms with van der Waals surface area (Å²) in [6, 6.07) is 0. The maximum Gasteiger partial charge on any atom is 0.328 e. The second-order valence-corrected chi connectivity index (χ2v) is 5.68. The zero-order valence-electron chi connectivity index (χ0n) is 8.91. The Morgan fingerprint density at radius 3 is 2.73 bits per heavy atom. The number of thiol groups is 1. The van der Waals surface area contributed by atoms with E-state index in [0.717, 1.165) is 5.82 Å². The van der Waals surface area contributed by atoms with Gasteiger partial charge in [-0.05, 0) is 5.10 Å². The summed E-state index contributed by atoms with van der Waals surface area (Å²) in [5, 5.41) is 4.64. The van der Waals surface area contributed by atoms with E-state index in [-0.39, 0.29) is 6.16 Å². The van der Waals surface area contributed by atoms with Gasteiger partial charge in [-0.3, -0.25) is 4.57 Å². The molecule has 1 heterocycles. The Kier molecular flexibility index (Phi) is 3.94. The molecule has 86 valence electrons. The lowest BCUT2D eigenvalue weighted by atomic mass is 10.4. The van der Waals surface area contributed by atoms with E-state index in [1.54, 1.807) is 23.3 Å². The molecule has 0 bridgehead atoms. The van der Waals surface area contributed by atoms with Crippen LogP contribution in [0.25, 0.3) is 0 Å². The lowest BCUT2D eigenvalue weighted by molar-refractivity contribution is -0.737. The molecule has 8 heteroatoms. The van der Waals surface area contributed by atoms with E-state index >= 15 is 0 Å². The van der Waals surface area contributed by atoms with Crippen LogP contribution in [0.1, 0.15) is 5.82 Å². The largest absolute Gasteiger partial charge is 0.328 e. The van der Waals surface area contributed by atoms with Crippen LogP contribution in [0.2, 0.25) is 0 Å². The first kappa shape index (κ1) is 12.7. The van der Waals surface area contributed by atoms with Gasteiger partial charge in [-0.15, -0.1) is 4.68 Å². The van der Waals surface area contributed by atoms with E-state index in [1.165, 1.54) is 7.11 Å². The maximum absolute atomic E-state index is 11.3. The summed E-state index contributed by atoms with van der Waals surface area (Å²) in [5.74, 6) is 0.825. The van der Waals surface area contributed by atoms with Crippen molar-refractivity contribution < 1.29 is 18.7 Å². The van der Waals surface area contributed by atoms with Gasteiger partial charge in [-0.2, -0.15) is 0 Å². The second-order valence-electron chi connectivity index (χ2n) is 3.19. The molecule has 6 nitrogen and oxygen atoms in total. The third kappa shape index (κ3) is 3.04. The van der Waals surface area contributed by atoms with Crippen LogP contribution in [-0.2, 0) is 29.6 Å². The molecule has 0 aliphatic heterocycles. The van der Waals surface area contributed by atoms with Crippen LogP contribution in [0.5, 0.6) is 0 Å². The number of hydrogen-bond acceptors (Lipinski definition) is 4. The van der Waals surface area contributed by atoms with Gasteiger partial charge in [0, 0.05) is 7.11 Å². The third-order valence-electron chi connectivity index (χ3n) is 2.20. The van der Waals surface area contributed by atoms with Gasteiger partial charge in [0.25, 0.3) is 11.0 Å². The van der Waals surface area contributed by atoms with Crippen LogP contribution in [-0.4, -0.2) is 27.8 Å². The average molecular weight is 252 g/mol. The molecule has 1 N–H and O–H groups in total. The van der Waals surface area contributed by atoms with Crippen LogP contribution in [0.3, 0.4) is 0 Å². The fourth-order valence-electron chi connectivity index (χ4n) is 1.25. The Morgan fingerprint density at radius 2 is 2.33 bits per heavy atom. The van der Waals surface area contributed by atoms with E-state index in [0.29, 0.717) is 11.6 Å². The molecule has 1 rings (SSSR count). The van der Waals surface area contributed by atoms with Crippen molar-refractivity contribution in [2.75, 3.05) is 13.3 Å². The monoisotopic (exact) mass is 252 g/mol. The van der Waals surface area contributed by atoms with E-state index in [2.05, 4.69) is 22.3 Å². The Bertz CT molecular complexity index is 406. The summed E-state index contributed by atoms with van der Waals surface area (Å²) >= 11 is 4.14. The molecule has 1 aromatic heterocycles. The lowest BCUT2D eigenvalue weighted by Gasteiger charge is -2.06. The first-order chi connectivity index (χ1) is 6.87. The molecule has 0 spiro atoms. The summed E-state index contributed by atoms with van der Waals surface area (Å²) in [6.45, 7) is 0. The van der Waals surface area contributed by atoms with Crippen molar-refractivity contribution in [1.82, 2.24) is 9.67 Å². The van der Waals surface area contributed by atoms with Crippen LogP contribution >= 0.6 is 20.2 Å². The quantitative estimate of drug-likeness (QED) is 0.446. The molecule has 0 amide bonds. The van der Waals surface area contributed by atoms with Crippen molar-refractivity contribution in [2.24, 2.45) is 14.1 Å². The van der Waals surface area contributed by atoms with Crippen LogP contribution < -0.4 is 4.68 Å². The third-order valence-corrected chi connectivity index (χ3v) is 3.95. The number of aryl methyl sites for hydroxylation is 1. The van der Waals surface area contributed by atoms with Crippen LogP contribution in [0.15, 0.2) is 5.16 Å². The number of aromatic nitrogens is 3. The van der Waals surface area contributed by atoms with Crippen molar-refractivity contribution in [3.05, 3.63) is 5.82 Å². The molecule has 1 aromatic rings. The first-order valence-corrected chi connectivity index (χ1v) is 6.57. The Labute approximate surface area is 93.8 Å². The highest BCUT2D eigenvalue weighted by Gasteiger charge is 2.24. The van der Waals surface area contributed by atoms with Gasteiger partial charge in [-0.1, -0.05) is 12.6 Å². The van der Waals surface area contributed by atoms with Gasteiger partial charge in [-0.25, -0.2) is 4.57 Å². The molecular weight excluding hydrogens is 237 g/mol. The number of rotatable bonds is 4. The van der Waals surface area contributed by atoms with Crippen molar-refractivity contribution >= 4 is 20.2 Å². The fourth-order valence-corrected chi connectivity index (χ4v) is 2.17. The molecule has 0 aliphatic carbocycles. The molecule has 1 unspecified atom stereocenters. The summed E-state index contributed by atoms with van der Waals surface area (Å²) in [5.41, 5.74) is 0.